The Morgan fingerprint density at radius 2 is 1.86 bits per heavy atom. The number of hydrogen-bond donors (Lipinski definition) is 2. The van der Waals surface area contributed by atoms with E-state index in [2.05, 4.69) is 11.2 Å². The molecule has 2 aromatic carbocycles. The van der Waals surface area contributed by atoms with Crippen molar-refractivity contribution in [3.63, 3.8) is 0 Å². The number of allylic oxidation sites excluding steroid dienone is 3. The molecule has 37 heavy (non-hydrogen) atoms. The van der Waals surface area contributed by atoms with Gasteiger partial charge in [0, 0.05) is 31.1 Å². The van der Waals surface area contributed by atoms with E-state index in [-0.39, 0.29) is 36.2 Å². The van der Waals surface area contributed by atoms with Crippen molar-refractivity contribution in [2.75, 3.05) is 6.61 Å². The molecule has 1 saturated heterocycles. The van der Waals surface area contributed by atoms with Gasteiger partial charge in [0.1, 0.15) is 29.8 Å². The molecule has 7 heteroatoms. The van der Waals surface area contributed by atoms with Crippen molar-refractivity contribution in [3.8, 4) is 11.5 Å². The Balaban J connectivity index is 1.76. The Labute approximate surface area is 218 Å². The zero-order valence-corrected chi connectivity index (χ0v) is 21.3. The summed E-state index contributed by atoms with van der Waals surface area (Å²) in [7, 11) is 0. The smallest absolute Gasteiger partial charge is 0.342 e. The molecule has 1 unspecified atom stereocenters. The Bertz CT molecular complexity index is 1150. The summed E-state index contributed by atoms with van der Waals surface area (Å²) in [6, 6.07) is 10.9. The zero-order valence-electron chi connectivity index (χ0n) is 21.3. The maximum absolute atomic E-state index is 13.3. The van der Waals surface area contributed by atoms with E-state index in [1.165, 1.54) is 6.07 Å². The van der Waals surface area contributed by atoms with Gasteiger partial charge in [-0.1, -0.05) is 53.7 Å². The van der Waals surface area contributed by atoms with E-state index >= 15 is 0 Å². The van der Waals surface area contributed by atoms with E-state index in [1.807, 2.05) is 55.5 Å². The number of phenolic OH excluding ortho intramolecular Hbond substituents is 2. The SMILES string of the molecule is C[C@@H]1CC=CCCC=CC(=NOCc2ccccc2)Cc2c(c(O)cc(O)c2C2CCCCO2)C(=O)O1. The molecule has 2 aromatic rings. The van der Waals surface area contributed by atoms with Crippen molar-refractivity contribution in [3.05, 3.63) is 83.0 Å². The summed E-state index contributed by atoms with van der Waals surface area (Å²) in [6.45, 7) is 2.67. The molecule has 2 atom stereocenters. The van der Waals surface area contributed by atoms with Gasteiger partial charge in [-0.15, -0.1) is 0 Å². The van der Waals surface area contributed by atoms with E-state index in [9.17, 15) is 15.0 Å². The van der Waals surface area contributed by atoms with Gasteiger partial charge in [0.15, 0.2) is 0 Å². The molecule has 0 bridgehead atoms. The monoisotopic (exact) mass is 505 g/mol. The summed E-state index contributed by atoms with van der Waals surface area (Å²) in [5.41, 5.74) is 2.50. The predicted octanol–water partition coefficient (Wildman–Crippen LogP) is 6.30. The van der Waals surface area contributed by atoms with Gasteiger partial charge in [-0.05, 0) is 56.2 Å². The number of carbonyl (C=O) groups is 1. The molecule has 0 spiro atoms. The lowest BCUT2D eigenvalue weighted by Gasteiger charge is -2.27. The first-order valence-electron chi connectivity index (χ1n) is 13.0. The number of nitrogens with zero attached hydrogens (tertiary/aromatic N) is 1. The number of aromatic hydroxyl groups is 2. The van der Waals surface area contributed by atoms with Crippen LogP contribution in [0, 0.1) is 0 Å². The van der Waals surface area contributed by atoms with Crippen LogP contribution in [-0.2, 0) is 27.3 Å². The molecule has 2 N–H and O–H groups in total. The fraction of sp³-hybridized carbons (Fsp3) is 0.400. The first-order valence-corrected chi connectivity index (χ1v) is 13.0. The Morgan fingerprint density at radius 1 is 1.05 bits per heavy atom. The fourth-order valence-corrected chi connectivity index (χ4v) is 4.64. The second-order valence-corrected chi connectivity index (χ2v) is 9.46. The van der Waals surface area contributed by atoms with Crippen LogP contribution in [0.1, 0.15) is 78.6 Å². The number of cyclic esters (lactones) is 1. The molecule has 4 rings (SSSR count). The topological polar surface area (TPSA) is 97.6 Å². The maximum atomic E-state index is 13.3. The fourth-order valence-electron chi connectivity index (χ4n) is 4.64. The maximum Gasteiger partial charge on any atom is 0.342 e. The van der Waals surface area contributed by atoms with Crippen LogP contribution in [0.3, 0.4) is 0 Å². The number of benzene rings is 2. The lowest BCUT2D eigenvalue weighted by Crippen LogP contribution is -2.21. The van der Waals surface area contributed by atoms with E-state index in [1.54, 1.807) is 0 Å². The van der Waals surface area contributed by atoms with Crippen LogP contribution in [0.15, 0.2) is 65.9 Å². The lowest BCUT2D eigenvalue weighted by atomic mass is 9.88. The number of rotatable bonds is 4. The molecule has 2 heterocycles. The molecule has 0 amide bonds. The van der Waals surface area contributed by atoms with Crippen LogP contribution in [-0.4, -0.2) is 34.6 Å². The molecule has 0 radical (unpaired) electrons. The molecule has 0 aromatic heterocycles. The largest absolute Gasteiger partial charge is 0.507 e. The highest BCUT2D eigenvalue weighted by Crippen LogP contribution is 2.41. The van der Waals surface area contributed by atoms with Crippen LogP contribution in [0.5, 0.6) is 11.5 Å². The minimum atomic E-state index is -0.643. The number of esters is 1. The summed E-state index contributed by atoms with van der Waals surface area (Å²) >= 11 is 0. The second kappa shape index (κ2) is 13.1. The summed E-state index contributed by atoms with van der Waals surface area (Å²) in [4.78, 5) is 19.0. The molecule has 2 aliphatic rings. The summed E-state index contributed by atoms with van der Waals surface area (Å²) in [5.74, 6) is -1.09. The number of hydrogen-bond acceptors (Lipinski definition) is 7. The minimum absolute atomic E-state index is 0.0269. The van der Waals surface area contributed by atoms with Gasteiger partial charge >= 0.3 is 5.97 Å². The third kappa shape index (κ3) is 7.23. The first kappa shape index (κ1) is 26.5. The Hall–Kier alpha value is -3.58. The normalized spacial score (nSPS) is 22.2. The summed E-state index contributed by atoms with van der Waals surface area (Å²) in [6.07, 6.45) is 12.1. The average Bonchev–Trinajstić information content (AvgIpc) is 2.88. The van der Waals surface area contributed by atoms with E-state index < -0.39 is 12.1 Å². The van der Waals surface area contributed by atoms with Crippen molar-refractivity contribution < 1.29 is 29.3 Å². The van der Waals surface area contributed by atoms with Gasteiger partial charge in [0.2, 0.25) is 0 Å². The van der Waals surface area contributed by atoms with Gasteiger partial charge in [-0.2, -0.15) is 0 Å². The van der Waals surface area contributed by atoms with E-state index in [4.69, 9.17) is 14.3 Å². The quantitative estimate of drug-likeness (QED) is 0.288. The minimum Gasteiger partial charge on any atom is -0.507 e. The van der Waals surface area contributed by atoms with Gasteiger partial charge in [-0.3, -0.25) is 0 Å². The number of ether oxygens (including phenoxy) is 2. The van der Waals surface area contributed by atoms with Crippen LogP contribution in [0.4, 0.5) is 0 Å². The molecular formula is C30H35NO6. The van der Waals surface area contributed by atoms with Crippen LogP contribution in [0.2, 0.25) is 0 Å². The standard InChI is InChI=1S/C30H35NO6/c1-21-12-6-3-2-4-9-15-23(31-36-20-22-13-7-5-8-14-22)18-24-28(27-16-10-11-17-35-27)25(32)19-26(33)29(24)30(34)37-21/h3,5-9,13-15,19,21,27,32-33H,2,4,10-12,16-18,20H2,1H3/t21-,27?/m1/s1. The van der Waals surface area contributed by atoms with Gasteiger partial charge < -0.3 is 24.5 Å². The highest BCUT2D eigenvalue weighted by atomic mass is 16.6. The molecule has 7 nitrogen and oxygen atoms in total. The molecule has 0 aliphatic carbocycles. The van der Waals surface area contributed by atoms with Gasteiger partial charge in [0.25, 0.3) is 0 Å². The van der Waals surface area contributed by atoms with Crippen LogP contribution < -0.4 is 0 Å². The molecule has 196 valence electrons. The average molecular weight is 506 g/mol. The Kier molecular flexibility index (Phi) is 9.38. The molecule has 0 saturated carbocycles. The van der Waals surface area contributed by atoms with Crippen LogP contribution >= 0.6 is 0 Å². The number of oxime groups is 1. The lowest BCUT2D eigenvalue weighted by molar-refractivity contribution is 0.0129. The van der Waals surface area contributed by atoms with Gasteiger partial charge in [0.05, 0.1) is 11.8 Å². The van der Waals surface area contributed by atoms with Crippen molar-refractivity contribution in [1.29, 1.82) is 0 Å². The summed E-state index contributed by atoms with van der Waals surface area (Å²) < 4.78 is 11.7. The van der Waals surface area contributed by atoms with Crippen LogP contribution in [0.25, 0.3) is 0 Å². The predicted molar refractivity (Wildman–Crippen MR) is 142 cm³/mol. The number of fused-ring (bicyclic) bond motifs is 1. The molecular weight excluding hydrogens is 470 g/mol. The van der Waals surface area contributed by atoms with E-state index in [0.717, 1.165) is 31.2 Å². The number of carbonyl (C=O) groups excluding carboxylic acids is 1. The van der Waals surface area contributed by atoms with Crippen molar-refractivity contribution >= 4 is 11.7 Å². The van der Waals surface area contributed by atoms with E-state index in [0.29, 0.717) is 36.3 Å². The third-order valence-corrected chi connectivity index (χ3v) is 6.51. The zero-order chi connectivity index (χ0) is 26.0. The molecule has 2 aliphatic heterocycles. The third-order valence-electron chi connectivity index (χ3n) is 6.51. The Morgan fingerprint density at radius 3 is 2.65 bits per heavy atom. The van der Waals surface area contributed by atoms with Crippen molar-refractivity contribution in [1.82, 2.24) is 0 Å². The summed E-state index contributed by atoms with van der Waals surface area (Å²) in [5, 5.41) is 26.1. The first-order chi connectivity index (χ1) is 18.0. The van der Waals surface area contributed by atoms with Crippen molar-refractivity contribution in [2.45, 2.75) is 70.7 Å². The second-order valence-electron chi connectivity index (χ2n) is 9.46. The number of phenols is 2. The van der Waals surface area contributed by atoms with Crippen molar-refractivity contribution in [2.24, 2.45) is 5.16 Å². The van der Waals surface area contributed by atoms with Gasteiger partial charge in [-0.25, -0.2) is 4.79 Å². The highest BCUT2D eigenvalue weighted by Gasteiger charge is 2.31. The molecule has 1 fully saturated rings. The highest BCUT2D eigenvalue weighted by molar-refractivity contribution is 6.01.